The zero-order chi connectivity index (χ0) is 20.4. The molecule has 0 saturated carbocycles. The van der Waals surface area contributed by atoms with E-state index in [1.165, 1.54) is 0 Å². The van der Waals surface area contributed by atoms with Crippen LogP contribution in [0.2, 0.25) is 0 Å². The number of hydrogen-bond acceptors (Lipinski definition) is 6. The zero-order valence-electron chi connectivity index (χ0n) is 16.0. The topological polar surface area (TPSA) is 113 Å². The molecular formula is C20H21N5O2. The summed E-state index contributed by atoms with van der Waals surface area (Å²) in [4.78, 5) is 14.2. The Hall–Kier alpha value is -3.50. The molecule has 7 heteroatoms. The number of allylic oxidation sites excluding steroid dienone is 2. The van der Waals surface area contributed by atoms with Gasteiger partial charge in [-0.25, -0.2) is 4.79 Å². The zero-order valence-corrected chi connectivity index (χ0v) is 16.0. The molecule has 0 saturated heterocycles. The molecule has 0 aliphatic carbocycles. The molecule has 1 heterocycles. The van der Waals surface area contributed by atoms with Gasteiger partial charge in [-0.1, -0.05) is 19.9 Å². The molecule has 0 unspecified atom stereocenters. The normalized spacial score (nSPS) is 14.2. The SMILES string of the molecule is CC(C)(C)OC(=O)N1CC(C)(C)c2ccc(NC(C#N)=C(C#N)C#N)cc21. The highest BCUT2D eigenvalue weighted by Gasteiger charge is 2.39. The molecule has 1 amide bonds. The first-order chi connectivity index (χ1) is 12.5. The molecule has 0 atom stereocenters. The first-order valence-corrected chi connectivity index (χ1v) is 8.39. The van der Waals surface area contributed by atoms with Crippen LogP contribution in [0, 0.1) is 34.0 Å². The summed E-state index contributed by atoms with van der Waals surface area (Å²) in [6, 6.07) is 10.5. The first kappa shape index (κ1) is 19.8. The van der Waals surface area contributed by atoms with Gasteiger partial charge in [0.15, 0.2) is 5.57 Å². The summed E-state index contributed by atoms with van der Waals surface area (Å²) in [5.74, 6) is 0. The van der Waals surface area contributed by atoms with Crippen molar-refractivity contribution in [1.29, 1.82) is 15.8 Å². The van der Waals surface area contributed by atoms with Crippen LogP contribution in [-0.2, 0) is 10.2 Å². The monoisotopic (exact) mass is 363 g/mol. The Bertz CT molecular complexity index is 917. The number of fused-ring (bicyclic) bond motifs is 1. The first-order valence-electron chi connectivity index (χ1n) is 8.39. The maximum atomic E-state index is 12.6. The van der Waals surface area contributed by atoms with Crippen LogP contribution in [0.3, 0.4) is 0 Å². The molecule has 138 valence electrons. The lowest BCUT2D eigenvalue weighted by Crippen LogP contribution is -2.38. The predicted molar refractivity (Wildman–Crippen MR) is 101 cm³/mol. The number of carbonyl (C=O) groups is 1. The molecule has 0 bridgehead atoms. The molecule has 0 radical (unpaired) electrons. The standard InChI is InChI=1S/C20H21N5O2/c1-19(2,3)27-18(26)25-12-20(4,5)15-7-6-14(8-17(15)25)24-16(11-23)13(9-21)10-22/h6-8,24H,12H2,1-5H3. The van der Waals surface area contributed by atoms with E-state index in [4.69, 9.17) is 15.3 Å². The number of benzene rings is 1. The van der Waals surface area contributed by atoms with Crippen molar-refractivity contribution < 1.29 is 9.53 Å². The lowest BCUT2D eigenvalue weighted by atomic mass is 9.87. The summed E-state index contributed by atoms with van der Waals surface area (Å²) < 4.78 is 5.51. The van der Waals surface area contributed by atoms with E-state index >= 15 is 0 Å². The summed E-state index contributed by atoms with van der Waals surface area (Å²) >= 11 is 0. The molecule has 0 fully saturated rings. The molecule has 7 nitrogen and oxygen atoms in total. The van der Waals surface area contributed by atoms with E-state index < -0.39 is 11.7 Å². The fourth-order valence-corrected chi connectivity index (χ4v) is 2.88. The predicted octanol–water partition coefficient (Wildman–Crippen LogP) is 3.96. The van der Waals surface area contributed by atoms with Crippen LogP contribution in [0.1, 0.15) is 40.2 Å². The third-order valence-electron chi connectivity index (χ3n) is 4.04. The third kappa shape index (κ3) is 4.19. The third-order valence-corrected chi connectivity index (χ3v) is 4.04. The molecule has 1 aromatic rings. The molecule has 2 rings (SSSR count). The summed E-state index contributed by atoms with van der Waals surface area (Å²) in [6.07, 6.45) is -0.447. The second-order valence-corrected chi connectivity index (χ2v) is 7.89. The van der Waals surface area contributed by atoms with Gasteiger partial charge in [0.1, 0.15) is 29.5 Å². The van der Waals surface area contributed by atoms with Crippen molar-refractivity contribution in [2.45, 2.75) is 45.6 Å². The number of rotatable bonds is 2. The van der Waals surface area contributed by atoms with Crippen LogP contribution in [-0.4, -0.2) is 18.2 Å². The van der Waals surface area contributed by atoms with E-state index in [2.05, 4.69) is 5.32 Å². The summed E-state index contributed by atoms with van der Waals surface area (Å²) in [5, 5.41) is 29.9. The summed E-state index contributed by atoms with van der Waals surface area (Å²) in [5.41, 5.74) is 0.825. The van der Waals surface area contributed by atoms with Gasteiger partial charge in [-0.3, -0.25) is 4.90 Å². The van der Waals surface area contributed by atoms with E-state index in [0.29, 0.717) is 17.9 Å². The van der Waals surface area contributed by atoms with E-state index in [1.807, 2.05) is 26.0 Å². The Morgan fingerprint density at radius 2 is 1.81 bits per heavy atom. The van der Waals surface area contributed by atoms with Crippen molar-refractivity contribution in [3.63, 3.8) is 0 Å². The molecule has 0 spiro atoms. The van der Waals surface area contributed by atoms with Crippen molar-refractivity contribution >= 4 is 17.5 Å². The Morgan fingerprint density at radius 3 is 2.33 bits per heavy atom. The second-order valence-electron chi connectivity index (χ2n) is 7.89. The average molecular weight is 363 g/mol. The van der Waals surface area contributed by atoms with Crippen LogP contribution in [0.25, 0.3) is 0 Å². The van der Waals surface area contributed by atoms with Crippen molar-refractivity contribution in [1.82, 2.24) is 0 Å². The van der Waals surface area contributed by atoms with Crippen molar-refractivity contribution in [3.8, 4) is 18.2 Å². The largest absolute Gasteiger partial charge is 0.443 e. The summed E-state index contributed by atoms with van der Waals surface area (Å²) in [6.45, 7) is 9.95. The maximum absolute atomic E-state index is 12.6. The van der Waals surface area contributed by atoms with Gasteiger partial charge in [-0.2, -0.15) is 15.8 Å². The number of amides is 1. The number of carbonyl (C=O) groups excluding carboxylic acids is 1. The minimum absolute atomic E-state index is 0.138. The quantitative estimate of drug-likeness (QED) is 0.796. The number of hydrogen-bond donors (Lipinski definition) is 1. The Labute approximate surface area is 159 Å². The van der Waals surface area contributed by atoms with E-state index in [9.17, 15) is 10.1 Å². The summed E-state index contributed by atoms with van der Waals surface area (Å²) in [7, 11) is 0. The molecule has 1 aliphatic heterocycles. The van der Waals surface area contributed by atoms with Crippen molar-refractivity contribution in [2.24, 2.45) is 0 Å². The van der Waals surface area contributed by atoms with E-state index in [-0.39, 0.29) is 16.7 Å². The van der Waals surface area contributed by atoms with Crippen molar-refractivity contribution in [2.75, 3.05) is 16.8 Å². The molecular weight excluding hydrogens is 342 g/mol. The lowest BCUT2D eigenvalue weighted by Gasteiger charge is -2.26. The highest BCUT2D eigenvalue weighted by molar-refractivity contribution is 5.92. The number of nitriles is 3. The Balaban J connectivity index is 2.45. The highest BCUT2D eigenvalue weighted by Crippen LogP contribution is 2.42. The van der Waals surface area contributed by atoms with Crippen LogP contribution in [0.15, 0.2) is 29.5 Å². The minimum atomic E-state index is -0.620. The fourth-order valence-electron chi connectivity index (χ4n) is 2.88. The Morgan fingerprint density at radius 1 is 1.19 bits per heavy atom. The lowest BCUT2D eigenvalue weighted by molar-refractivity contribution is 0.0579. The van der Waals surface area contributed by atoms with Gasteiger partial charge >= 0.3 is 6.09 Å². The molecule has 27 heavy (non-hydrogen) atoms. The second kappa shape index (κ2) is 7.02. The van der Waals surface area contributed by atoms with Crippen LogP contribution in [0.4, 0.5) is 16.2 Å². The average Bonchev–Trinajstić information content (AvgIpc) is 2.84. The van der Waals surface area contributed by atoms with E-state index in [0.717, 1.165) is 5.56 Å². The fraction of sp³-hybridized carbons (Fsp3) is 0.400. The van der Waals surface area contributed by atoms with Crippen LogP contribution < -0.4 is 10.2 Å². The van der Waals surface area contributed by atoms with Crippen LogP contribution >= 0.6 is 0 Å². The molecule has 1 aromatic carbocycles. The molecule has 0 aromatic heterocycles. The molecule has 1 N–H and O–H groups in total. The Kier molecular flexibility index (Phi) is 5.15. The number of ether oxygens (including phenoxy) is 1. The number of nitrogens with one attached hydrogen (secondary N) is 1. The van der Waals surface area contributed by atoms with Gasteiger partial charge in [-0.05, 0) is 38.5 Å². The maximum Gasteiger partial charge on any atom is 0.414 e. The van der Waals surface area contributed by atoms with Gasteiger partial charge < -0.3 is 10.1 Å². The minimum Gasteiger partial charge on any atom is -0.443 e. The van der Waals surface area contributed by atoms with Crippen LogP contribution in [0.5, 0.6) is 0 Å². The van der Waals surface area contributed by atoms with Crippen molar-refractivity contribution in [3.05, 3.63) is 35.0 Å². The van der Waals surface area contributed by atoms with E-state index in [1.54, 1.807) is 49.9 Å². The number of anilines is 2. The van der Waals surface area contributed by atoms with Gasteiger partial charge in [0.25, 0.3) is 0 Å². The van der Waals surface area contributed by atoms with Gasteiger partial charge in [0.2, 0.25) is 0 Å². The highest BCUT2D eigenvalue weighted by atomic mass is 16.6. The molecule has 1 aliphatic rings. The van der Waals surface area contributed by atoms with Gasteiger partial charge in [0.05, 0.1) is 5.69 Å². The van der Waals surface area contributed by atoms with Gasteiger partial charge in [-0.15, -0.1) is 0 Å². The smallest absolute Gasteiger partial charge is 0.414 e. The van der Waals surface area contributed by atoms with Gasteiger partial charge in [0, 0.05) is 17.6 Å². The number of nitrogens with zero attached hydrogens (tertiary/aromatic N) is 4.